The fraction of sp³-hybridized carbons (Fsp3) is 0.409. The highest BCUT2D eigenvalue weighted by Crippen LogP contribution is 2.16. The first-order valence-electron chi connectivity index (χ1n) is 9.74. The van der Waals surface area contributed by atoms with Gasteiger partial charge in [0, 0.05) is 44.8 Å². The number of piperazine rings is 1. The van der Waals surface area contributed by atoms with Crippen LogP contribution in [0.4, 0.5) is 10.1 Å². The Morgan fingerprint density at radius 2 is 1.67 bits per heavy atom. The molecule has 1 heterocycles. The van der Waals surface area contributed by atoms with E-state index in [1.165, 1.54) is 17.7 Å². The summed E-state index contributed by atoms with van der Waals surface area (Å²) < 4.78 is 13.0. The summed E-state index contributed by atoms with van der Waals surface area (Å²) in [5.41, 5.74) is 2.29. The van der Waals surface area contributed by atoms with Crippen molar-refractivity contribution in [1.82, 2.24) is 10.2 Å². The third kappa shape index (κ3) is 6.36. The second-order valence-corrected chi connectivity index (χ2v) is 6.99. The summed E-state index contributed by atoms with van der Waals surface area (Å²) in [6.45, 7) is 5.63. The van der Waals surface area contributed by atoms with Gasteiger partial charge in [0.05, 0.1) is 0 Å². The summed E-state index contributed by atoms with van der Waals surface area (Å²) >= 11 is 0. The molecule has 0 atom stereocenters. The minimum Gasteiger partial charge on any atom is -0.369 e. The van der Waals surface area contributed by atoms with Gasteiger partial charge in [0.25, 0.3) is 0 Å². The number of anilines is 1. The van der Waals surface area contributed by atoms with Crippen molar-refractivity contribution in [3.63, 3.8) is 0 Å². The first-order chi connectivity index (χ1) is 13.2. The fourth-order valence-corrected chi connectivity index (χ4v) is 3.40. The largest absolute Gasteiger partial charge is 0.369 e. The monoisotopic (exact) mass is 369 g/mol. The van der Waals surface area contributed by atoms with Crippen LogP contribution < -0.4 is 10.2 Å². The highest BCUT2D eigenvalue weighted by molar-refractivity contribution is 5.76. The van der Waals surface area contributed by atoms with Crippen molar-refractivity contribution in [3.8, 4) is 0 Å². The minimum absolute atomic E-state index is 0.125. The third-order valence-electron chi connectivity index (χ3n) is 5.02. The molecule has 1 aliphatic rings. The zero-order valence-electron chi connectivity index (χ0n) is 15.7. The number of nitrogens with zero attached hydrogens (tertiary/aromatic N) is 2. The Morgan fingerprint density at radius 1 is 0.963 bits per heavy atom. The van der Waals surface area contributed by atoms with E-state index in [2.05, 4.69) is 27.2 Å². The van der Waals surface area contributed by atoms with E-state index in [0.29, 0.717) is 6.42 Å². The molecule has 1 amide bonds. The summed E-state index contributed by atoms with van der Waals surface area (Å²) in [5.74, 6) is -0.0665. The number of rotatable bonds is 8. The molecule has 0 saturated carbocycles. The van der Waals surface area contributed by atoms with E-state index in [1.54, 1.807) is 0 Å². The average Bonchev–Trinajstić information content (AvgIpc) is 2.71. The van der Waals surface area contributed by atoms with Crippen molar-refractivity contribution in [3.05, 3.63) is 66.0 Å². The van der Waals surface area contributed by atoms with Crippen LogP contribution in [-0.2, 0) is 11.2 Å². The number of hydrogen-bond donors (Lipinski definition) is 1. The van der Waals surface area contributed by atoms with E-state index in [-0.39, 0.29) is 11.7 Å². The van der Waals surface area contributed by atoms with Crippen LogP contribution in [0.3, 0.4) is 0 Å². The number of hydrogen-bond acceptors (Lipinski definition) is 3. The number of halogens is 1. The summed E-state index contributed by atoms with van der Waals surface area (Å²) in [5, 5.41) is 3.02. The summed E-state index contributed by atoms with van der Waals surface area (Å²) in [6, 6.07) is 16.8. The van der Waals surface area contributed by atoms with Gasteiger partial charge in [0.15, 0.2) is 0 Å². The molecule has 0 radical (unpaired) electrons. The van der Waals surface area contributed by atoms with Crippen molar-refractivity contribution in [2.24, 2.45) is 0 Å². The number of carbonyl (C=O) groups is 1. The molecule has 1 saturated heterocycles. The first-order valence-corrected chi connectivity index (χ1v) is 9.74. The van der Waals surface area contributed by atoms with Crippen LogP contribution in [0.25, 0.3) is 0 Å². The highest BCUT2D eigenvalue weighted by atomic mass is 19.1. The topological polar surface area (TPSA) is 35.6 Å². The first kappa shape index (κ1) is 19.4. The quantitative estimate of drug-likeness (QED) is 0.727. The molecule has 27 heavy (non-hydrogen) atoms. The van der Waals surface area contributed by atoms with Crippen LogP contribution in [0.15, 0.2) is 54.6 Å². The van der Waals surface area contributed by atoms with E-state index in [0.717, 1.165) is 57.8 Å². The maximum atomic E-state index is 13.0. The summed E-state index contributed by atoms with van der Waals surface area (Å²) in [7, 11) is 0. The molecule has 144 valence electrons. The van der Waals surface area contributed by atoms with Gasteiger partial charge in [-0.1, -0.05) is 30.3 Å². The molecule has 1 aliphatic heterocycles. The third-order valence-corrected chi connectivity index (χ3v) is 5.02. The van der Waals surface area contributed by atoms with Gasteiger partial charge in [-0.15, -0.1) is 0 Å². The van der Waals surface area contributed by atoms with Crippen molar-refractivity contribution in [2.75, 3.05) is 44.2 Å². The van der Waals surface area contributed by atoms with Crippen LogP contribution in [0, 0.1) is 5.82 Å². The molecule has 5 heteroatoms. The molecule has 0 aromatic heterocycles. The van der Waals surface area contributed by atoms with E-state index in [4.69, 9.17) is 0 Å². The van der Waals surface area contributed by atoms with Gasteiger partial charge in [-0.25, -0.2) is 4.39 Å². The Morgan fingerprint density at radius 3 is 2.37 bits per heavy atom. The van der Waals surface area contributed by atoms with E-state index >= 15 is 0 Å². The van der Waals surface area contributed by atoms with Crippen LogP contribution in [0.5, 0.6) is 0 Å². The predicted molar refractivity (Wildman–Crippen MR) is 107 cm³/mol. The second kappa shape index (κ2) is 10.1. The van der Waals surface area contributed by atoms with Crippen LogP contribution in [0.1, 0.15) is 18.4 Å². The number of carbonyl (C=O) groups excluding carboxylic acids is 1. The number of aryl methyl sites for hydroxylation is 1. The molecule has 4 nitrogen and oxygen atoms in total. The molecule has 2 aromatic rings. The number of amides is 1. The zero-order chi connectivity index (χ0) is 18.9. The second-order valence-electron chi connectivity index (χ2n) is 6.99. The Kier molecular flexibility index (Phi) is 7.22. The van der Waals surface area contributed by atoms with Gasteiger partial charge in [0.2, 0.25) is 5.91 Å². The Hall–Kier alpha value is -2.40. The van der Waals surface area contributed by atoms with E-state index < -0.39 is 0 Å². The Labute approximate surface area is 161 Å². The molecule has 0 spiro atoms. The summed E-state index contributed by atoms with van der Waals surface area (Å²) in [4.78, 5) is 16.7. The molecule has 3 rings (SSSR count). The molecule has 2 aromatic carbocycles. The van der Waals surface area contributed by atoms with Crippen molar-refractivity contribution in [2.45, 2.75) is 19.3 Å². The molecule has 1 N–H and O–H groups in total. The lowest BCUT2D eigenvalue weighted by molar-refractivity contribution is -0.121. The number of benzene rings is 2. The van der Waals surface area contributed by atoms with Gasteiger partial charge >= 0.3 is 0 Å². The van der Waals surface area contributed by atoms with Gasteiger partial charge in [-0.2, -0.15) is 0 Å². The van der Waals surface area contributed by atoms with Gasteiger partial charge < -0.3 is 10.2 Å². The SMILES string of the molecule is O=C(CCc1ccccc1)NCCCN1CCN(c2ccc(F)cc2)CC1. The van der Waals surface area contributed by atoms with E-state index in [9.17, 15) is 9.18 Å². The van der Waals surface area contributed by atoms with Crippen LogP contribution in [0.2, 0.25) is 0 Å². The highest BCUT2D eigenvalue weighted by Gasteiger charge is 2.16. The molecule has 1 fully saturated rings. The lowest BCUT2D eigenvalue weighted by atomic mass is 10.1. The smallest absolute Gasteiger partial charge is 0.220 e. The maximum absolute atomic E-state index is 13.0. The fourth-order valence-electron chi connectivity index (χ4n) is 3.40. The minimum atomic E-state index is -0.191. The normalized spacial score (nSPS) is 14.9. The van der Waals surface area contributed by atoms with Crippen molar-refractivity contribution in [1.29, 1.82) is 0 Å². The average molecular weight is 369 g/mol. The Balaban J connectivity index is 1.27. The summed E-state index contributed by atoms with van der Waals surface area (Å²) in [6.07, 6.45) is 2.30. The van der Waals surface area contributed by atoms with Gasteiger partial charge in [0.1, 0.15) is 5.82 Å². The standard InChI is InChI=1S/C22H28FN3O/c23-20-8-10-21(11-9-20)26-17-15-25(16-18-26)14-4-13-24-22(27)12-7-19-5-2-1-3-6-19/h1-3,5-6,8-11H,4,7,12-18H2,(H,24,27). The molecule has 0 bridgehead atoms. The van der Waals surface area contributed by atoms with Gasteiger partial charge in [-0.05, 0) is 49.2 Å². The van der Waals surface area contributed by atoms with Crippen LogP contribution in [-0.4, -0.2) is 50.1 Å². The molecule has 0 aliphatic carbocycles. The lowest BCUT2D eigenvalue weighted by Gasteiger charge is -2.36. The van der Waals surface area contributed by atoms with Crippen molar-refractivity contribution < 1.29 is 9.18 Å². The molecule has 0 unspecified atom stereocenters. The van der Waals surface area contributed by atoms with Crippen LogP contribution >= 0.6 is 0 Å². The molecular formula is C22H28FN3O. The van der Waals surface area contributed by atoms with Gasteiger partial charge in [-0.3, -0.25) is 9.69 Å². The van der Waals surface area contributed by atoms with E-state index in [1.807, 2.05) is 30.3 Å². The number of nitrogens with one attached hydrogen (secondary N) is 1. The molecular weight excluding hydrogens is 341 g/mol. The predicted octanol–water partition coefficient (Wildman–Crippen LogP) is 3.09. The zero-order valence-corrected chi connectivity index (χ0v) is 15.7. The Bertz CT molecular complexity index is 697. The lowest BCUT2D eigenvalue weighted by Crippen LogP contribution is -2.47. The maximum Gasteiger partial charge on any atom is 0.220 e. The van der Waals surface area contributed by atoms with Crippen molar-refractivity contribution >= 4 is 11.6 Å².